The number of carbonyl (C=O) groups is 2. The zero-order valence-electron chi connectivity index (χ0n) is 13.9. The van der Waals surface area contributed by atoms with Crippen molar-refractivity contribution in [2.75, 3.05) is 31.1 Å². The van der Waals surface area contributed by atoms with Gasteiger partial charge in [0, 0.05) is 32.1 Å². The van der Waals surface area contributed by atoms with E-state index < -0.39 is 0 Å². The molecular formula is C19H21FN2O3. The van der Waals surface area contributed by atoms with Crippen molar-refractivity contribution in [2.24, 2.45) is 23.7 Å². The third-order valence-corrected chi connectivity index (χ3v) is 6.55. The van der Waals surface area contributed by atoms with Crippen molar-refractivity contribution < 1.29 is 18.7 Å². The largest absolute Gasteiger partial charge is 0.462 e. The highest BCUT2D eigenvalue weighted by Crippen LogP contribution is 2.58. The van der Waals surface area contributed by atoms with E-state index in [1.54, 1.807) is 12.1 Å². The van der Waals surface area contributed by atoms with E-state index >= 15 is 0 Å². The molecule has 0 radical (unpaired) electrons. The van der Waals surface area contributed by atoms with Crippen LogP contribution in [-0.4, -0.2) is 49.1 Å². The van der Waals surface area contributed by atoms with Crippen LogP contribution in [0.25, 0.3) is 0 Å². The zero-order chi connectivity index (χ0) is 17.1. The standard InChI is InChI=1S/C19H21FN2O3/c20-13-3-1-2-4-14(13)21-5-7-22(8-6-21)18(23)16-11-9-12-15(10-11)25-19(24)17(12)16/h1-4,11-12,15-17H,5-10H2/t11-,12+,15-,16+,17-/m1/s1. The average Bonchev–Trinajstić information content (AvgIpc) is 3.24. The molecule has 5 atom stereocenters. The highest BCUT2D eigenvalue weighted by atomic mass is 19.1. The van der Waals surface area contributed by atoms with E-state index in [4.69, 9.17) is 4.74 Å². The Bertz CT molecular complexity index is 729. The fourth-order valence-electron chi connectivity index (χ4n) is 5.43. The number of halogens is 1. The molecule has 1 aromatic rings. The molecule has 0 aromatic heterocycles. The fraction of sp³-hybridized carbons (Fsp3) is 0.579. The summed E-state index contributed by atoms with van der Waals surface area (Å²) in [4.78, 5) is 29.0. The summed E-state index contributed by atoms with van der Waals surface area (Å²) < 4.78 is 19.4. The summed E-state index contributed by atoms with van der Waals surface area (Å²) in [5.41, 5.74) is 0.594. The minimum Gasteiger partial charge on any atom is -0.462 e. The molecule has 2 saturated carbocycles. The number of hydrogen-bond donors (Lipinski definition) is 0. The van der Waals surface area contributed by atoms with Gasteiger partial charge >= 0.3 is 5.97 Å². The van der Waals surface area contributed by atoms with Crippen molar-refractivity contribution in [2.45, 2.75) is 18.9 Å². The number of amides is 1. The maximum Gasteiger partial charge on any atom is 0.310 e. The van der Waals surface area contributed by atoms with Gasteiger partial charge in [-0.05, 0) is 30.9 Å². The van der Waals surface area contributed by atoms with Crippen LogP contribution in [-0.2, 0) is 14.3 Å². The molecule has 25 heavy (non-hydrogen) atoms. The number of ether oxygens (including phenoxy) is 1. The minimum atomic E-state index is -0.227. The van der Waals surface area contributed by atoms with Gasteiger partial charge in [0.1, 0.15) is 11.9 Å². The Morgan fingerprint density at radius 2 is 1.88 bits per heavy atom. The van der Waals surface area contributed by atoms with Gasteiger partial charge in [0.15, 0.2) is 0 Å². The van der Waals surface area contributed by atoms with E-state index in [-0.39, 0.29) is 41.6 Å². The molecule has 1 aromatic carbocycles. The van der Waals surface area contributed by atoms with E-state index in [9.17, 15) is 14.0 Å². The zero-order valence-corrected chi connectivity index (χ0v) is 13.9. The Hall–Kier alpha value is -2.11. The first kappa shape index (κ1) is 15.2. The Morgan fingerprint density at radius 3 is 2.64 bits per heavy atom. The lowest BCUT2D eigenvalue weighted by Crippen LogP contribution is -2.52. The number of para-hydroxylation sites is 1. The summed E-state index contributed by atoms with van der Waals surface area (Å²) in [6.45, 7) is 2.38. The summed E-state index contributed by atoms with van der Waals surface area (Å²) in [6, 6.07) is 6.75. The molecule has 0 N–H and O–H groups in total. The number of benzene rings is 1. The average molecular weight is 344 g/mol. The van der Waals surface area contributed by atoms with Gasteiger partial charge < -0.3 is 14.5 Å². The molecule has 2 heterocycles. The smallest absolute Gasteiger partial charge is 0.310 e. The van der Waals surface area contributed by atoms with Crippen molar-refractivity contribution in [3.05, 3.63) is 30.1 Å². The summed E-state index contributed by atoms with van der Waals surface area (Å²) in [6.07, 6.45) is 1.86. The van der Waals surface area contributed by atoms with Gasteiger partial charge in [-0.25, -0.2) is 4.39 Å². The van der Waals surface area contributed by atoms with Gasteiger partial charge in [-0.3, -0.25) is 9.59 Å². The van der Waals surface area contributed by atoms with Crippen molar-refractivity contribution >= 4 is 17.6 Å². The third-order valence-electron chi connectivity index (χ3n) is 6.55. The van der Waals surface area contributed by atoms with Gasteiger partial charge in [-0.2, -0.15) is 0 Å². The second kappa shape index (κ2) is 5.44. The molecule has 6 heteroatoms. The summed E-state index contributed by atoms with van der Waals surface area (Å²) in [5, 5.41) is 0. The van der Waals surface area contributed by atoms with Crippen LogP contribution in [0.5, 0.6) is 0 Å². The molecule has 2 bridgehead atoms. The second-order valence-corrected chi connectivity index (χ2v) is 7.69. The minimum absolute atomic E-state index is 0.0597. The lowest BCUT2D eigenvalue weighted by atomic mass is 9.79. The molecule has 0 unspecified atom stereocenters. The van der Waals surface area contributed by atoms with E-state index in [0.29, 0.717) is 37.8 Å². The maximum absolute atomic E-state index is 13.9. The summed E-state index contributed by atoms with van der Waals surface area (Å²) in [7, 11) is 0. The number of anilines is 1. The van der Waals surface area contributed by atoms with Crippen molar-refractivity contribution in [3.63, 3.8) is 0 Å². The number of esters is 1. The predicted octanol–water partition coefficient (Wildman–Crippen LogP) is 1.67. The maximum atomic E-state index is 13.9. The molecule has 4 fully saturated rings. The molecular weight excluding hydrogens is 323 g/mol. The van der Waals surface area contributed by atoms with Crippen LogP contribution in [0.4, 0.5) is 10.1 Å². The van der Waals surface area contributed by atoms with E-state index in [2.05, 4.69) is 0 Å². The highest BCUT2D eigenvalue weighted by Gasteiger charge is 2.64. The number of fused-ring (bicyclic) bond motifs is 1. The normalized spacial score (nSPS) is 36.0. The molecule has 1 amide bonds. The summed E-state index contributed by atoms with van der Waals surface area (Å²) >= 11 is 0. The fourth-order valence-corrected chi connectivity index (χ4v) is 5.43. The van der Waals surface area contributed by atoms with Crippen LogP contribution in [0.2, 0.25) is 0 Å². The Balaban J connectivity index is 1.28. The van der Waals surface area contributed by atoms with Gasteiger partial charge in [0.25, 0.3) is 0 Å². The van der Waals surface area contributed by atoms with E-state index in [0.717, 1.165) is 12.8 Å². The van der Waals surface area contributed by atoms with Gasteiger partial charge in [-0.15, -0.1) is 0 Å². The predicted molar refractivity (Wildman–Crippen MR) is 88.3 cm³/mol. The van der Waals surface area contributed by atoms with Crippen LogP contribution >= 0.6 is 0 Å². The third kappa shape index (κ3) is 2.19. The van der Waals surface area contributed by atoms with Gasteiger partial charge in [0.2, 0.25) is 5.91 Å². The Kier molecular flexibility index (Phi) is 3.30. The molecule has 5 nitrogen and oxygen atoms in total. The first-order valence-electron chi connectivity index (χ1n) is 9.12. The number of piperazine rings is 1. The molecule has 2 aliphatic carbocycles. The van der Waals surface area contributed by atoms with Crippen LogP contribution in [0.15, 0.2) is 24.3 Å². The van der Waals surface area contributed by atoms with Crippen LogP contribution < -0.4 is 4.90 Å². The quantitative estimate of drug-likeness (QED) is 0.766. The van der Waals surface area contributed by atoms with Gasteiger partial charge in [0.05, 0.1) is 17.5 Å². The Labute approximate surface area is 145 Å². The molecule has 2 saturated heterocycles. The van der Waals surface area contributed by atoms with Crippen molar-refractivity contribution in [1.29, 1.82) is 0 Å². The van der Waals surface area contributed by atoms with Crippen molar-refractivity contribution in [3.8, 4) is 0 Å². The van der Waals surface area contributed by atoms with Crippen LogP contribution in [0, 0.1) is 29.5 Å². The highest BCUT2D eigenvalue weighted by molar-refractivity contribution is 5.88. The number of nitrogens with zero attached hydrogens (tertiary/aromatic N) is 2. The first-order chi connectivity index (χ1) is 12.1. The topological polar surface area (TPSA) is 49.9 Å². The van der Waals surface area contributed by atoms with E-state index in [1.165, 1.54) is 6.07 Å². The van der Waals surface area contributed by atoms with Crippen LogP contribution in [0.1, 0.15) is 12.8 Å². The Morgan fingerprint density at radius 1 is 1.12 bits per heavy atom. The lowest BCUT2D eigenvalue weighted by Gasteiger charge is -2.38. The molecule has 4 aliphatic rings. The monoisotopic (exact) mass is 344 g/mol. The van der Waals surface area contributed by atoms with Gasteiger partial charge in [-0.1, -0.05) is 12.1 Å². The molecule has 132 valence electrons. The lowest BCUT2D eigenvalue weighted by molar-refractivity contribution is -0.148. The number of hydrogen-bond acceptors (Lipinski definition) is 4. The SMILES string of the molecule is O=C1O[C@@H]2C[C@H]3C[C@@H]2[C@@H]1[C@H]3C(=O)N1CCN(c2ccccc2F)CC1. The molecule has 2 aliphatic heterocycles. The molecule has 0 spiro atoms. The first-order valence-corrected chi connectivity index (χ1v) is 9.12. The second-order valence-electron chi connectivity index (χ2n) is 7.69. The van der Waals surface area contributed by atoms with E-state index in [1.807, 2.05) is 15.9 Å². The van der Waals surface area contributed by atoms with Crippen LogP contribution in [0.3, 0.4) is 0 Å². The molecule has 5 rings (SSSR count). The number of carbonyl (C=O) groups excluding carboxylic acids is 2. The van der Waals surface area contributed by atoms with Crippen molar-refractivity contribution in [1.82, 2.24) is 4.90 Å². The summed E-state index contributed by atoms with van der Waals surface area (Å²) in [5.74, 6) is -0.164. The number of rotatable bonds is 2.